The van der Waals surface area contributed by atoms with Gasteiger partial charge in [-0.1, -0.05) is 35.8 Å². The van der Waals surface area contributed by atoms with Gasteiger partial charge in [-0.15, -0.1) is 0 Å². The van der Waals surface area contributed by atoms with Gasteiger partial charge in [0.1, 0.15) is 0 Å². The SMILES string of the molecule is CCC(CC)(CN)C(=O)Nc1ccc(C)c(Br)c1. The minimum absolute atomic E-state index is 0.00533. The number of hydrogen-bond donors (Lipinski definition) is 2. The van der Waals surface area contributed by atoms with Crippen LogP contribution in [0.25, 0.3) is 0 Å². The van der Waals surface area contributed by atoms with Gasteiger partial charge >= 0.3 is 0 Å². The topological polar surface area (TPSA) is 55.1 Å². The maximum absolute atomic E-state index is 12.3. The molecule has 1 rings (SSSR count). The van der Waals surface area contributed by atoms with Crippen molar-refractivity contribution < 1.29 is 4.79 Å². The number of benzene rings is 1. The van der Waals surface area contributed by atoms with Crippen molar-refractivity contribution in [3.63, 3.8) is 0 Å². The first-order chi connectivity index (χ1) is 8.49. The van der Waals surface area contributed by atoms with E-state index < -0.39 is 5.41 Å². The predicted molar refractivity (Wildman–Crippen MR) is 79.6 cm³/mol. The van der Waals surface area contributed by atoms with Crippen LogP contribution in [0.1, 0.15) is 32.3 Å². The highest BCUT2D eigenvalue weighted by atomic mass is 79.9. The smallest absolute Gasteiger partial charge is 0.231 e. The first-order valence-corrected chi connectivity index (χ1v) is 7.06. The fourth-order valence-electron chi connectivity index (χ4n) is 1.89. The predicted octanol–water partition coefficient (Wildman–Crippen LogP) is 3.46. The fraction of sp³-hybridized carbons (Fsp3) is 0.500. The quantitative estimate of drug-likeness (QED) is 0.874. The Morgan fingerprint density at radius 1 is 1.39 bits per heavy atom. The first-order valence-electron chi connectivity index (χ1n) is 6.26. The number of anilines is 1. The largest absolute Gasteiger partial charge is 0.329 e. The summed E-state index contributed by atoms with van der Waals surface area (Å²) in [6, 6.07) is 5.80. The Balaban J connectivity index is 2.89. The molecule has 0 aliphatic heterocycles. The Hall–Kier alpha value is -0.870. The molecule has 3 nitrogen and oxygen atoms in total. The molecule has 0 atom stereocenters. The summed E-state index contributed by atoms with van der Waals surface area (Å²) in [6.07, 6.45) is 1.50. The summed E-state index contributed by atoms with van der Waals surface area (Å²) in [4.78, 5) is 12.3. The van der Waals surface area contributed by atoms with Crippen molar-refractivity contribution in [2.45, 2.75) is 33.6 Å². The zero-order valence-electron chi connectivity index (χ0n) is 11.2. The lowest BCUT2D eigenvalue weighted by Crippen LogP contribution is -2.41. The molecule has 0 aliphatic rings. The molecule has 100 valence electrons. The second-order valence-corrected chi connectivity index (χ2v) is 5.46. The standard InChI is InChI=1S/C14H21BrN2O/c1-4-14(5-2,9-16)13(18)17-11-7-6-10(3)12(15)8-11/h6-8H,4-5,9,16H2,1-3H3,(H,17,18). The Labute approximate surface area is 117 Å². The number of amides is 1. The van der Waals surface area contributed by atoms with Gasteiger partial charge in [-0.25, -0.2) is 0 Å². The van der Waals surface area contributed by atoms with Crippen LogP contribution in [0.3, 0.4) is 0 Å². The number of halogens is 1. The van der Waals surface area contributed by atoms with Gasteiger partial charge in [0.2, 0.25) is 5.91 Å². The average Bonchev–Trinajstić information content (AvgIpc) is 2.37. The summed E-state index contributed by atoms with van der Waals surface area (Å²) >= 11 is 3.46. The summed E-state index contributed by atoms with van der Waals surface area (Å²) in [6.45, 7) is 6.39. The molecule has 0 aliphatic carbocycles. The highest BCUT2D eigenvalue weighted by Crippen LogP contribution is 2.28. The third-order valence-corrected chi connectivity index (χ3v) is 4.51. The van der Waals surface area contributed by atoms with Gasteiger partial charge < -0.3 is 11.1 Å². The van der Waals surface area contributed by atoms with E-state index >= 15 is 0 Å². The molecule has 4 heteroatoms. The van der Waals surface area contributed by atoms with Crippen molar-refractivity contribution in [1.29, 1.82) is 0 Å². The van der Waals surface area contributed by atoms with E-state index in [9.17, 15) is 4.79 Å². The van der Waals surface area contributed by atoms with Crippen LogP contribution in [0.2, 0.25) is 0 Å². The zero-order chi connectivity index (χ0) is 13.8. The molecule has 0 fully saturated rings. The molecule has 0 bridgehead atoms. The second kappa shape index (κ2) is 6.34. The van der Waals surface area contributed by atoms with E-state index in [2.05, 4.69) is 21.2 Å². The molecule has 0 radical (unpaired) electrons. The normalized spacial score (nSPS) is 11.4. The van der Waals surface area contributed by atoms with Gasteiger partial charge in [0, 0.05) is 16.7 Å². The van der Waals surface area contributed by atoms with Crippen molar-refractivity contribution >= 4 is 27.5 Å². The monoisotopic (exact) mass is 312 g/mol. The average molecular weight is 313 g/mol. The molecule has 0 heterocycles. The van der Waals surface area contributed by atoms with Gasteiger partial charge in [-0.3, -0.25) is 4.79 Å². The Bertz CT molecular complexity index is 420. The molecular formula is C14H21BrN2O. The summed E-state index contributed by atoms with van der Waals surface area (Å²) in [5, 5.41) is 2.95. The van der Waals surface area contributed by atoms with Crippen molar-refractivity contribution in [2.24, 2.45) is 11.1 Å². The highest BCUT2D eigenvalue weighted by molar-refractivity contribution is 9.10. The van der Waals surface area contributed by atoms with E-state index in [0.29, 0.717) is 6.54 Å². The minimum atomic E-state index is -0.461. The van der Waals surface area contributed by atoms with Crippen LogP contribution in [0.15, 0.2) is 22.7 Å². The number of carbonyl (C=O) groups excluding carboxylic acids is 1. The van der Waals surface area contributed by atoms with Crippen LogP contribution in [0.5, 0.6) is 0 Å². The van der Waals surface area contributed by atoms with Crippen molar-refractivity contribution in [2.75, 3.05) is 11.9 Å². The molecule has 0 saturated heterocycles. The van der Waals surface area contributed by atoms with E-state index in [1.54, 1.807) is 0 Å². The number of rotatable bonds is 5. The van der Waals surface area contributed by atoms with Crippen molar-refractivity contribution in [3.8, 4) is 0 Å². The van der Waals surface area contributed by atoms with E-state index in [1.165, 1.54) is 0 Å². The number of carbonyl (C=O) groups is 1. The Morgan fingerprint density at radius 3 is 2.44 bits per heavy atom. The lowest BCUT2D eigenvalue weighted by atomic mass is 9.81. The molecule has 1 aromatic carbocycles. The molecule has 0 spiro atoms. The lowest BCUT2D eigenvalue weighted by Gasteiger charge is -2.28. The van der Waals surface area contributed by atoms with Gasteiger partial charge in [0.15, 0.2) is 0 Å². The van der Waals surface area contributed by atoms with E-state index in [0.717, 1.165) is 28.6 Å². The number of nitrogens with one attached hydrogen (secondary N) is 1. The van der Waals surface area contributed by atoms with Crippen LogP contribution in [0.4, 0.5) is 5.69 Å². The van der Waals surface area contributed by atoms with E-state index in [4.69, 9.17) is 5.73 Å². The molecule has 1 amide bonds. The zero-order valence-corrected chi connectivity index (χ0v) is 12.8. The van der Waals surface area contributed by atoms with Crippen LogP contribution in [-0.2, 0) is 4.79 Å². The molecular weight excluding hydrogens is 292 g/mol. The minimum Gasteiger partial charge on any atom is -0.329 e. The third kappa shape index (κ3) is 3.12. The van der Waals surface area contributed by atoms with Gasteiger partial charge in [-0.05, 0) is 37.5 Å². The molecule has 3 N–H and O–H groups in total. The Kier molecular flexibility index (Phi) is 5.35. The van der Waals surface area contributed by atoms with Gasteiger partial charge in [0.05, 0.1) is 5.41 Å². The number of aryl methyl sites for hydroxylation is 1. The summed E-state index contributed by atoms with van der Waals surface area (Å²) in [5.74, 6) is 0.00533. The molecule has 0 unspecified atom stereocenters. The number of hydrogen-bond acceptors (Lipinski definition) is 2. The first kappa shape index (κ1) is 15.2. The van der Waals surface area contributed by atoms with Crippen molar-refractivity contribution in [1.82, 2.24) is 0 Å². The number of nitrogens with two attached hydrogens (primary N) is 1. The molecule has 0 saturated carbocycles. The van der Waals surface area contributed by atoms with E-state index in [1.807, 2.05) is 39.0 Å². The lowest BCUT2D eigenvalue weighted by molar-refractivity contribution is -0.125. The van der Waals surface area contributed by atoms with E-state index in [-0.39, 0.29) is 5.91 Å². The third-order valence-electron chi connectivity index (χ3n) is 3.66. The van der Waals surface area contributed by atoms with Crippen molar-refractivity contribution in [3.05, 3.63) is 28.2 Å². The molecule has 0 aromatic heterocycles. The Morgan fingerprint density at radius 2 is 2.00 bits per heavy atom. The van der Waals surface area contributed by atoms with Gasteiger partial charge in [0.25, 0.3) is 0 Å². The highest BCUT2D eigenvalue weighted by Gasteiger charge is 2.33. The molecule has 18 heavy (non-hydrogen) atoms. The van der Waals surface area contributed by atoms with Crippen LogP contribution in [-0.4, -0.2) is 12.5 Å². The van der Waals surface area contributed by atoms with Gasteiger partial charge in [-0.2, -0.15) is 0 Å². The van der Waals surface area contributed by atoms with Crippen LogP contribution in [0, 0.1) is 12.3 Å². The summed E-state index contributed by atoms with van der Waals surface area (Å²) in [7, 11) is 0. The fourth-order valence-corrected chi connectivity index (χ4v) is 2.27. The van der Waals surface area contributed by atoms with Crippen LogP contribution >= 0.6 is 15.9 Å². The summed E-state index contributed by atoms with van der Waals surface area (Å²) in [5.41, 5.74) is 7.25. The second-order valence-electron chi connectivity index (χ2n) is 4.61. The maximum Gasteiger partial charge on any atom is 0.231 e. The van der Waals surface area contributed by atoms with Crippen LogP contribution < -0.4 is 11.1 Å². The molecule has 1 aromatic rings. The summed E-state index contributed by atoms with van der Waals surface area (Å²) < 4.78 is 0.992. The maximum atomic E-state index is 12.3.